The minimum absolute atomic E-state index is 0.279. The Morgan fingerprint density at radius 1 is 0.562 bits per heavy atom. The Bertz CT molecular complexity index is 1580. The van der Waals surface area contributed by atoms with Crippen molar-refractivity contribution in [2.45, 2.75) is 27.7 Å². The lowest BCUT2D eigenvalue weighted by molar-refractivity contribution is -0.130. The van der Waals surface area contributed by atoms with E-state index in [9.17, 15) is 19.2 Å². The third-order valence-electron chi connectivity index (χ3n) is 5.48. The zero-order valence-electron chi connectivity index (χ0n) is 28.4. The number of methoxy groups -OCH3 is 3. The van der Waals surface area contributed by atoms with Crippen LogP contribution in [0.25, 0.3) is 22.3 Å². The maximum absolute atomic E-state index is 12.4. The van der Waals surface area contributed by atoms with Crippen LogP contribution in [-0.4, -0.2) is 52.3 Å². The van der Waals surface area contributed by atoms with E-state index in [-0.39, 0.29) is 5.57 Å². The fraction of sp³-hybridized carbons (Fsp3) is 0.184. The van der Waals surface area contributed by atoms with Crippen molar-refractivity contribution in [2.75, 3.05) is 21.3 Å². The largest absolute Gasteiger partial charge is 0.497 e. The molecule has 0 aliphatic carbocycles. The minimum Gasteiger partial charge on any atom is -0.497 e. The molecule has 3 aromatic carbocycles. The number of carbonyl (C=O) groups is 5. The van der Waals surface area contributed by atoms with Crippen molar-refractivity contribution >= 4 is 31.0 Å². The average Bonchev–Trinajstić information content (AvgIpc) is 3.08. The summed E-state index contributed by atoms with van der Waals surface area (Å²) < 4.78 is 25.7. The van der Waals surface area contributed by atoms with Crippen LogP contribution in [0, 0.1) is 0 Å². The maximum atomic E-state index is 12.4. The van der Waals surface area contributed by atoms with Crippen LogP contribution in [0.1, 0.15) is 27.7 Å². The molecule has 48 heavy (non-hydrogen) atoms. The second-order valence-corrected chi connectivity index (χ2v) is 9.90. The Balaban J connectivity index is 0.00000133. The Labute approximate surface area is 281 Å². The van der Waals surface area contributed by atoms with E-state index >= 15 is 0 Å². The summed E-state index contributed by atoms with van der Waals surface area (Å²) in [5, 5.41) is 0. The van der Waals surface area contributed by atoms with Crippen LogP contribution in [0.15, 0.2) is 109 Å². The molecule has 0 saturated heterocycles. The second kappa shape index (κ2) is 22.5. The summed E-state index contributed by atoms with van der Waals surface area (Å²) in [6.45, 7) is 20.7. The Hall–Kier alpha value is -6.03. The summed E-state index contributed by atoms with van der Waals surface area (Å²) in [5.41, 5.74) is 4.70. The standard InChI is InChI=1S/C28H26O6.2C4H6O.C2H4O2/c1-17(2)27(29)33-22-13-9-19(10-14-22)23-16-26(34-28(30)18(3)4)24(15-25(23)32-6)20-7-11-21(31-5)12-8-20;2*1-4(2)3-5;1-4-2-3/h7-16H,1,3H2,2,4-6H3;2*3H,1H2,2H3;2H,1H3. The van der Waals surface area contributed by atoms with E-state index in [1.54, 1.807) is 72.2 Å². The van der Waals surface area contributed by atoms with Gasteiger partial charge in [-0.3, -0.25) is 14.4 Å². The number of allylic oxidation sites excluding steroid dienone is 2. The Morgan fingerprint density at radius 2 is 0.917 bits per heavy atom. The molecule has 10 heteroatoms. The average molecular weight is 659 g/mol. The molecule has 0 aromatic heterocycles. The lowest BCUT2D eigenvalue weighted by Gasteiger charge is -2.17. The molecule has 0 atom stereocenters. The topological polar surface area (TPSA) is 132 Å². The van der Waals surface area contributed by atoms with Crippen molar-refractivity contribution in [3.8, 4) is 45.3 Å². The molecule has 0 saturated carbocycles. The van der Waals surface area contributed by atoms with Crippen molar-refractivity contribution in [3.63, 3.8) is 0 Å². The molecular weight excluding hydrogens is 616 g/mol. The third-order valence-corrected chi connectivity index (χ3v) is 5.48. The third kappa shape index (κ3) is 15.3. The van der Waals surface area contributed by atoms with E-state index in [1.165, 1.54) is 7.11 Å². The molecule has 0 bridgehead atoms. The van der Waals surface area contributed by atoms with E-state index in [0.29, 0.717) is 57.3 Å². The molecule has 3 aromatic rings. The van der Waals surface area contributed by atoms with E-state index in [4.69, 9.17) is 23.7 Å². The number of aldehydes is 2. The van der Waals surface area contributed by atoms with Gasteiger partial charge in [-0.15, -0.1) is 0 Å². The van der Waals surface area contributed by atoms with Crippen molar-refractivity contribution in [2.24, 2.45) is 0 Å². The van der Waals surface area contributed by atoms with Gasteiger partial charge >= 0.3 is 11.9 Å². The van der Waals surface area contributed by atoms with Crippen LogP contribution in [0.2, 0.25) is 0 Å². The molecule has 0 heterocycles. The van der Waals surface area contributed by atoms with Crippen molar-refractivity contribution in [3.05, 3.63) is 109 Å². The highest BCUT2D eigenvalue weighted by Gasteiger charge is 2.18. The summed E-state index contributed by atoms with van der Waals surface area (Å²) in [4.78, 5) is 51.9. The number of rotatable bonds is 11. The molecule has 3 rings (SSSR count). The van der Waals surface area contributed by atoms with Gasteiger partial charge in [0.2, 0.25) is 0 Å². The van der Waals surface area contributed by atoms with Crippen molar-refractivity contribution in [1.29, 1.82) is 0 Å². The molecule has 0 amide bonds. The van der Waals surface area contributed by atoms with Gasteiger partial charge < -0.3 is 23.7 Å². The van der Waals surface area contributed by atoms with E-state index in [1.807, 2.05) is 30.3 Å². The quantitative estimate of drug-likeness (QED) is 0.0894. The van der Waals surface area contributed by atoms with Crippen LogP contribution >= 0.6 is 0 Å². The van der Waals surface area contributed by atoms with Gasteiger partial charge in [-0.2, -0.15) is 0 Å². The maximum Gasteiger partial charge on any atom is 0.338 e. The Morgan fingerprint density at radius 3 is 1.25 bits per heavy atom. The molecule has 10 nitrogen and oxygen atoms in total. The lowest BCUT2D eigenvalue weighted by atomic mass is 9.97. The second-order valence-electron chi connectivity index (χ2n) is 9.90. The van der Waals surface area contributed by atoms with Gasteiger partial charge in [-0.1, -0.05) is 50.6 Å². The van der Waals surface area contributed by atoms with Gasteiger partial charge in [0.1, 0.15) is 35.6 Å². The summed E-state index contributed by atoms with van der Waals surface area (Å²) in [7, 11) is 4.48. The van der Waals surface area contributed by atoms with Crippen LogP contribution in [0.4, 0.5) is 0 Å². The Kier molecular flexibility index (Phi) is 19.6. The molecule has 0 radical (unpaired) electrons. The number of hydrogen-bond donors (Lipinski definition) is 0. The summed E-state index contributed by atoms with van der Waals surface area (Å²) in [6.07, 6.45) is 1.44. The molecule has 0 aliphatic heterocycles. The molecule has 254 valence electrons. The van der Waals surface area contributed by atoms with Crippen molar-refractivity contribution in [1.82, 2.24) is 0 Å². The zero-order chi connectivity index (χ0) is 36.8. The first kappa shape index (κ1) is 42.0. The summed E-state index contributed by atoms with van der Waals surface area (Å²) >= 11 is 0. The van der Waals surface area contributed by atoms with Gasteiger partial charge in [0.15, 0.2) is 0 Å². The van der Waals surface area contributed by atoms with E-state index in [2.05, 4.69) is 31.1 Å². The molecule has 0 N–H and O–H groups in total. The van der Waals surface area contributed by atoms with Crippen LogP contribution in [0.5, 0.6) is 23.0 Å². The molecule has 0 fully saturated rings. The highest BCUT2D eigenvalue weighted by Crippen LogP contribution is 2.42. The molecule has 0 spiro atoms. The normalized spacial score (nSPS) is 9.06. The van der Waals surface area contributed by atoms with Gasteiger partial charge in [0.25, 0.3) is 6.47 Å². The van der Waals surface area contributed by atoms with Crippen LogP contribution in [-0.2, 0) is 28.7 Å². The number of ether oxygens (including phenoxy) is 5. The van der Waals surface area contributed by atoms with E-state index < -0.39 is 11.9 Å². The highest BCUT2D eigenvalue weighted by atomic mass is 16.5. The fourth-order valence-electron chi connectivity index (χ4n) is 3.12. The SMILES string of the molecule is C=C(C)C(=O)Oc1ccc(-c2cc(OC(=O)C(=C)C)c(-c3ccc(OC)cc3)cc2OC)cc1.C=C(C)C=O.C=C(C)C=O.COC=O. The van der Waals surface area contributed by atoms with Gasteiger partial charge in [0.05, 0.1) is 21.3 Å². The van der Waals surface area contributed by atoms with Crippen molar-refractivity contribution < 1.29 is 47.7 Å². The monoisotopic (exact) mass is 658 g/mol. The first-order valence-electron chi connectivity index (χ1n) is 14.1. The molecular formula is C38H42O10. The number of hydrogen-bond acceptors (Lipinski definition) is 10. The summed E-state index contributed by atoms with van der Waals surface area (Å²) in [5.74, 6) is 0.996. The number of benzene rings is 3. The van der Waals surface area contributed by atoms with Gasteiger partial charge in [0, 0.05) is 22.3 Å². The van der Waals surface area contributed by atoms with E-state index in [0.717, 1.165) is 23.7 Å². The lowest BCUT2D eigenvalue weighted by Crippen LogP contribution is -2.09. The molecule has 0 unspecified atom stereocenters. The number of carbonyl (C=O) groups excluding carboxylic acids is 5. The van der Waals surface area contributed by atoms with Gasteiger partial charge in [-0.05, 0) is 86.4 Å². The highest BCUT2D eigenvalue weighted by molar-refractivity contribution is 5.92. The zero-order valence-corrected chi connectivity index (χ0v) is 28.4. The number of esters is 2. The van der Waals surface area contributed by atoms with Crippen LogP contribution < -0.4 is 18.9 Å². The first-order valence-corrected chi connectivity index (χ1v) is 14.1. The first-order chi connectivity index (χ1) is 22.7. The smallest absolute Gasteiger partial charge is 0.338 e. The minimum atomic E-state index is -0.534. The molecule has 0 aliphatic rings. The predicted octanol–water partition coefficient (Wildman–Crippen LogP) is 7.31. The summed E-state index contributed by atoms with van der Waals surface area (Å²) in [6, 6.07) is 17.9. The predicted molar refractivity (Wildman–Crippen MR) is 186 cm³/mol. The van der Waals surface area contributed by atoms with Crippen LogP contribution in [0.3, 0.4) is 0 Å². The van der Waals surface area contributed by atoms with Gasteiger partial charge in [-0.25, -0.2) is 9.59 Å². The fourth-order valence-corrected chi connectivity index (χ4v) is 3.12.